The lowest BCUT2D eigenvalue weighted by Crippen LogP contribution is -2.43. The van der Waals surface area contributed by atoms with Crippen LogP contribution in [0.1, 0.15) is 59.1 Å². The van der Waals surface area contributed by atoms with E-state index in [4.69, 9.17) is 16.3 Å². The van der Waals surface area contributed by atoms with Gasteiger partial charge in [-0.25, -0.2) is 13.6 Å². The zero-order chi connectivity index (χ0) is 24.6. The van der Waals surface area contributed by atoms with Crippen LogP contribution in [0.15, 0.2) is 30.3 Å². The summed E-state index contributed by atoms with van der Waals surface area (Å²) in [5, 5.41) is 8.92. The molecule has 184 valence electrons. The van der Waals surface area contributed by atoms with E-state index in [0.29, 0.717) is 12.8 Å². The number of rotatable bonds is 7. The SMILES string of the molecule is O=C(O)c1cc(C2CC2)cc(OCC2CCN(C(c3ccc(F)c(Cl)c3)C(F)(F)F)CC2)c1F. The quantitative estimate of drug-likeness (QED) is 0.433. The van der Waals surface area contributed by atoms with Gasteiger partial charge in [0.1, 0.15) is 11.9 Å². The number of hydrogen-bond donors (Lipinski definition) is 1. The van der Waals surface area contributed by atoms with Crippen LogP contribution in [0.5, 0.6) is 5.75 Å². The van der Waals surface area contributed by atoms with E-state index in [9.17, 15) is 31.9 Å². The van der Waals surface area contributed by atoms with Gasteiger partial charge in [-0.05, 0) is 86.0 Å². The molecule has 1 aliphatic carbocycles. The highest BCUT2D eigenvalue weighted by molar-refractivity contribution is 6.30. The third kappa shape index (κ3) is 5.46. The van der Waals surface area contributed by atoms with Crippen LogP contribution in [0.25, 0.3) is 0 Å². The molecule has 2 aromatic rings. The van der Waals surface area contributed by atoms with Crippen LogP contribution in [-0.2, 0) is 0 Å². The van der Waals surface area contributed by atoms with Crippen molar-refractivity contribution in [3.05, 3.63) is 63.7 Å². The molecule has 0 bridgehead atoms. The summed E-state index contributed by atoms with van der Waals surface area (Å²) in [4.78, 5) is 12.7. The summed E-state index contributed by atoms with van der Waals surface area (Å²) < 4.78 is 75.2. The fraction of sp³-hybridized carbons (Fsp3) is 0.458. The number of halogens is 6. The summed E-state index contributed by atoms with van der Waals surface area (Å²) in [6.07, 6.45) is -2.02. The van der Waals surface area contributed by atoms with Crippen LogP contribution in [0.3, 0.4) is 0 Å². The van der Waals surface area contributed by atoms with Crippen molar-refractivity contribution in [2.45, 2.75) is 43.8 Å². The highest BCUT2D eigenvalue weighted by Crippen LogP contribution is 2.43. The Morgan fingerprint density at radius 1 is 1.12 bits per heavy atom. The summed E-state index contributed by atoms with van der Waals surface area (Å²) in [5.41, 5.74) is 0.142. The molecule has 10 heteroatoms. The predicted molar refractivity (Wildman–Crippen MR) is 115 cm³/mol. The summed E-state index contributed by atoms with van der Waals surface area (Å²) in [7, 11) is 0. The van der Waals surface area contributed by atoms with E-state index < -0.39 is 35.4 Å². The van der Waals surface area contributed by atoms with Crippen molar-refractivity contribution < 1.29 is 36.6 Å². The molecule has 34 heavy (non-hydrogen) atoms. The van der Waals surface area contributed by atoms with E-state index in [1.54, 1.807) is 0 Å². The Kier molecular flexibility index (Phi) is 7.05. The monoisotopic (exact) mass is 503 g/mol. The molecule has 1 N–H and O–H groups in total. The highest BCUT2D eigenvalue weighted by Gasteiger charge is 2.45. The predicted octanol–water partition coefficient (Wildman–Crippen LogP) is 6.59. The average Bonchev–Trinajstić information content (AvgIpc) is 3.61. The molecule has 0 spiro atoms. The maximum atomic E-state index is 14.6. The first-order valence-electron chi connectivity index (χ1n) is 11.0. The zero-order valence-electron chi connectivity index (χ0n) is 18.0. The number of nitrogens with zero attached hydrogens (tertiary/aromatic N) is 1. The molecule has 1 saturated heterocycles. The number of piperidine rings is 1. The molecule has 1 unspecified atom stereocenters. The Bertz CT molecular complexity index is 1070. The summed E-state index contributed by atoms with van der Waals surface area (Å²) in [6, 6.07) is 3.95. The second kappa shape index (κ2) is 9.70. The smallest absolute Gasteiger partial charge is 0.408 e. The third-order valence-electron chi connectivity index (χ3n) is 6.40. The molecule has 1 heterocycles. The minimum Gasteiger partial charge on any atom is -0.490 e. The minimum absolute atomic E-state index is 0.0665. The fourth-order valence-electron chi connectivity index (χ4n) is 4.41. The van der Waals surface area contributed by atoms with Gasteiger partial charge in [-0.2, -0.15) is 13.2 Å². The van der Waals surface area contributed by atoms with E-state index in [2.05, 4.69) is 0 Å². The lowest BCUT2D eigenvalue weighted by Gasteiger charge is -2.38. The average molecular weight is 504 g/mol. The van der Waals surface area contributed by atoms with E-state index in [-0.39, 0.29) is 47.9 Å². The zero-order valence-corrected chi connectivity index (χ0v) is 18.8. The van der Waals surface area contributed by atoms with Gasteiger partial charge < -0.3 is 9.84 Å². The van der Waals surface area contributed by atoms with Gasteiger partial charge in [0.2, 0.25) is 0 Å². The van der Waals surface area contributed by atoms with Crippen molar-refractivity contribution in [3.63, 3.8) is 0 Å². The second-order valence-corrected chi connectivity index (χ2v) is 9.28. The number of alkyl halides is 3. The van der Waals surface area contributed by atoms with Crippen molar-refractivity contribution in [1.29, 1.82) is 0 Å². The molecule has 0 radical (unpaired) electrons. The van der Waals surface area contributed by atoms with Crippen LogP contribution < -0.4 is 4.74 Å². The number of carboxylic acids is 1. The number of carboxylic acid groups (broad SMARTS) is 1. The maximum absolute atomic E-state index is 14.6. The number of aromatic carboxylic acids is 1. The molecule has 4 nitrogen and oxygen atoms in total. The number of benzene rings is 2. The van der Waals surface area contributed by atoms with Crippen molar-refractivity contribution in [2.75, 3.05) is 19.7 Å². The first-order valence-corrected chi connectivity index (χ1v) is 11.4. The maximum Gasteiger partial charge on any atom is 0.408 e. The normalized spacial score (nSPS) is 18.6. The Morgan fingerprint density at radius 3 is 2.35 bits per heavy atom. The van der Waals surface area contributed by atoms with Crippen molar-refractivity contribution in [3.8, 4) is 5.75 Å². The van der Waals surface area contributed by atoms with E-state index in [1.165, 1.54) is 17.0 Å². The molecule has 1 saturated carbocycles. The summed E-state index contributed by atoms with van der Waals surface area (Å²) in [6.45, 7) is 0.285. The first-order chi connectivity index (χ1) is 16.0. The van der Waals surface area contributed by atoms with Gasteiger partial charge in [0.25, 0.3) is 0 Å². The van der Waals surface area contributed by atoms with Crippen LogP contribution >= 0.6 is 11.6 Å². The lowest BCUT2D eigenvalue weighted by atomic mass is 9.94. The van der Waals surface area contributed by atoms with Gasteiger partial charge >= 0.3 is 12.1 Å². The summed E-state index contributed by atoms with van der Waals surface area (Å²) >= 11 is 5.70. The molecule has 2 fully saturated rings. The molecule has 0 amide bonds. The molecule has 1 atom stereocenters. The van der Waals surface area contributed by atoms with E-state index in [1.807, 2.05) is 0 Å². The molecular formula is C24H23ClF5NO3. The van der Waals surface area contributed by atoms with Crippen LogP contribution in [-0.4, -0.2) is 41.8 Å². The third-order valence-corrected chi connectivity index (χ3v) is 6.69. The van der Waals surface area contributed by atoms with Crippen LogP contribution in [0.2, 0.25) is 5.02 Å². The van der Waals surface area contributed by atoms with E-state index in [0.717, 1.165) is 36.6 Å². The summed E-state index contributed by atoms with van der Waals surface area (Å²) in [5.74, 6) is -3.18. The van der Waals surface area contributed by atoms with Gasteiger partial charge in [0.05, 0.1) is 17.2 Å². The molecular weight excluding hydrogens is 481 g/mol. The fourth-order valence-corrected chi connectivity index (χ4v) is 4.60. The van der Waals surface area contributed by atoms with Gasteiger partial charge in [0, 0.05) is 0 Å². The molecule has 2 aliphatic rings. The first kappa shape index (κ1) is 24.7. The number of hydrogen-bond acceptors (Lipinski definition) is 3. The number of carbonyl (C=O) groups is 1. The molecule has 1 aliphatic heterocycles. The van der Waals surface area contributed by atoms with Crippen molar-refractivity contribution >= 4 is 17.6 Å². The molecule has 4 rings (SSSR count). The van der Waals surface area contributed by atoms with Gasteiger partial charge in [0.15, 0.2) is 11.6 Å². The largest absolute Gasteiger partial charge is 0.490 e. The Labute approximate surface area is 198 Å². The highest BCUT2D eigenvalue weighted by atomic mass is 35.5. The van der Waals surface area contributed by atoms with Gasteiger partial charge in [-0.1, -0.05) is 17.7 Å². The Balaban J connectivity index is 1.42. The molecule has 2 aromatic carbocycles. The van der Waals surface area contributed by atoms with Gasteiger partial charge in [-0.15, -0.1) is 0 Å². The van der Waals surface area contributed by atoms with Crippen molar-refractivity contribution in [2.24, 2.45) is 5.92 Å². The Hall–Kier alpha value is -2.39. The van der Waals surface area contributed by atoms with Crippen LogP contribution in [0.4, 0.5) is 22.0 Å². The number of ether oxygens (including phenoxy) is 1. The second-order valence-electron chi connectivity index (χ2n) is 8.87. The number of likely N-dealkylation sites (tertiary alicyclic amines) is 1. The standard InChI is InChI=1S/C24H23ClF5NO3/c25-18-10-15(3-4-19(18)26)22(24(28,29)30)31-7-5-13(6-8-31)12-34-20-11-16(14-1-2-14)9-17(21(20)27)23(32)33/h3-4,9-11,13-14,22H,1-2,5-8,12H2,(H,32,33). The van der Waals surface area contributed by atoms with E-state index >= 15 is 0 Å². The Morgan fingerprint density at radius 2 is 1.79 bits per heavy atom. The molecule has 0 aromatic heterocycles. The van der Waals surface area contributed by atoms with Crippen molar-refractivity contribution in [1.82, 2.24) is 4.90 Å². The topological polar surface area (TPSA) is 49.8 Å². The van der Waals surface area contributed by atoms with Gasteiger partial charge in [-0.3, -0.25) is 4.90 Å². The minimum atomic E-state index is -4.58. The van der Waals surface area contributed by atoms with Crippen LogP contribution in [0, 0.1) is 17.6 Å². The lowest BCUT2D eigenvalue weighted by molar-refractivity contribution is -0.190.